The lowest BCUT2D eigenvalue weighted by molar-refractivity contribution is 0.0781. The van der Waals surface area contributed by atoms with E-state index in [0.717, 1.165) is 17.7 Å². The molecule has 8 heteroatoms. The van der Waals surface area contributed by atoms with Crippen molar-refractivity contribution in [1.82, 2.24) is 20.1 Å². The number of hydrogen-bond acceptors (Lipinski definition) is 4. The van der Waals surface area contributed by atoms with Gasteiger partial charge in [-0.25, -0.2) is 13.2 Å². The molecule has 0 bridgehead atoms. The molecule has 3 aromatic rings. The van der Waals surface area contributed by atoms with Crippen LogP contribution < -0.4 is 0 Å². The number of hydrogen-bond donors (Lipinski definition) is 0. The van der Waals surface area contributed by atoms with E-state index in [0.29, 0.717) is 35.5 Å². The van der Waals surface area contributed by atoms with Gasteiger partial charge < -0.3 is 4.90 Å². The summed E-state index contributed by atoms with van der Waals surface area (Å²) in [5.74, 6) is -4.51. The fraction of sp³-hybridized carbons (Fsp3) is 0.238. The monoisotopic (exact) mass is 398 g/mol. The fourth-order valence-electron chi connectivity index (χ4n) is 3.51. The quantitative estimate of drug-likeness (QED) is 0.631. The van der Waals surface area contributed by atoms with Gasteiger partial charge in [0.1, 0.15) is 5.69 Å². The van der Waals surface area contributed by atoms with E-state index in [1.165, 1.54) is 6.20 Å². The van der Waals surface area contributed by atoms with Gasteiger partial charge in [0, 0.05) is 31.3 Å². The molecule has 0 saturated carbocycles. The zero-order valence-corrected chi connectivity index (χ0v) is 15.8. The number of fused-ring (bicyclic) bond motifs is 1. The van der Waals surface area contributed by atoms with Crippen LogP contribution in [0.4, 0.5) is 13.2 Å². The van der Waals surface area contributed by atoms with Crippen LogP contribution in [-0.4, -0.2) is 39.6 Å². The van der Waals surface area contributed by atoms with Crippen molar-refractivity contribution in [1.29, 1.82) is 0 Å². The second kappa shape index (κ2) is 7.27. The molecule has 1 aliphatic heterocycles. The van der Waals surface area contributed by atoms with Crippen molar-refractivity contribution >= 4 is 5.91 Å². The summed E-state index contributed by atoms with van der Waals surface area (Å²) in [5.41, 5.74) is 3.31. The highest BCUT2D eigenvalue weighted by Crippen LogP contribution is 2.31. The van der Waals surface area contributed by atoms with Crippen LogP contribution in [0.5, 0.6) is 0 Å². The third-order valence-electron chi connectivity index (χ3n) is 5.25. The summed E-state index contributed by atoms with van der Waals surface area (Å²) in [4.78, 5) is 18.5. The Morgan fingerprint density at radius 2 is 1.83 bits per heavy atom. The molecule has 2 aromatic heterocycles. The number of benzene rings is 1. The summed E-state index contributed by atoms with van der Waals surface area (Å²) in [6.07, 6.45) is 3.67. The third-order valence-corrected chi connectivity index (χ3v) is 5.25. The van der Waals surface area contributed by atoms with E-state index in [1.54, 1.807) is 37.2 Å². The lowest BCUT2D eigenvalue weighted by Crippen LogP contribution is -2.34. The van der Waals surface area contributed by atoms with Crippen LogP contribution in [0.2, 0.25) is 0 Å². The zero-order chi connectivity index (χ0) is 20.7. The number of halogens is 3. The molecule has 5 nitrogen and oxygen atoms in total. The standard InChI is InChI=1S/C21H17F3N4O/c1-11(12-7-16(22)19(24)17(23)8-12)13-9-18(27-26-10-13)20-14-4-6-28(2)21(29)15(14)3-5-25-20/h3,5,7-11H,4,6H2,1-2H3. The number of carbonyl (C=O) groups is 1. The topological polar surface area (TPSA) is 59.0 Å². The second-order valence-electron chi connectivity index (χ2n) is 7.06. The smallest absolute Gasteiger partial charge is 0.254 e. The van der Waals surface area contributed by atoms with Crippen LogP contribution in [0, 0.1) is 17.5 Å². The van der Waals surface area contributed by atoms with Crippen molar-refractivity contribution in [3.05, 3.63) is 76.4 Å². The number of amides is 1. The largest absolute Gasteiger partial charge is 0.341 e. The van der Waals surface area contributed by atoms with Gasteiger partial charge >= 0.3 is 0 Å². The average molecular weight is 398 g/mol. The first-order valence-electron chi connectivity index (χ1n) is 9.07. The predicted molar refractivity (Wildman–Crippen MR) is 99.8 cm³/mol. The highest BCUT2D eigenvalue weighted by molar-refractivity contribution is 5.98. The maximum absolute atomic E-state index is 13.6. The highest BCUT2D eigenvalue weighted by atomic mass is 19.2. The lowest BCUT2D eigenvalue weighted by Gasteiger charge is -2.25. The maximum atomic E-state index is 13.6. The molecule has 1 unspecified atom stereocenters. The molecule has 0 saturated heterocycles. The maximum Gasteiger partial charge on any atom is 0.254 e. The van der Waals surface area contributed by atoms with Crippen molar-refractivity contribution in [2.75, 3.05) is 13.6 Å². The van der Waals surface area contributed by atoms with Gasteiger partial charge in [0.2, 0.25) is 0 Å². The number of nitrogens with zero attached hydrogens (tertiary/aromatic N) is 4. The van der Waals surface area contributed by atoms with Gasteiger partial charge in [-0.05, 0) is 47.4 Å². The normalized spacial score (nSPS) is 14.7. The van der Waals surface area contributed by atoms with Crippen LogP contribution in [0.25, 0.3) is 11.4 Å². The summed E-state index contributed by atoms with van der Waals surface area (Å²) in [6.45, 7) is 2.31. The Hall–Kier alpha value is -3.29. The highest BCUT2D eigenvalue weighted by Gasteiger charge is 2.25. The van der Waals surface area contributed by atoms with E-state index in [1.807, 2.05) is 0 Å². The van der Waals surface area contributed by atoms with Crippen molar-refractivity contribution in [3.63, 3.8) is 0 Å². The van der Waals surface area contributed by atoms with E-state index in [9.17, 15) is 18.0 Å². The van der Waals surface area contributed by atoms with E-state index >= 15 is 0 Å². The Labute approximate surface area is 165 Å². The summed E-state index contributed by atoms with van der Waals surface area (Å²) in [6, 6.07) is 5.35. The molecule has 1 aromatic carbocycles. The van der Waals surface area contributed by atoms with Gasteiger partial charge in [0.05, 0.1) is 11.9 Å². The van der Waals surface area contributed by atoms with Crippen LogP contribution in [0.15, 0.2) is 36.7 Å². The van der Waals surface area contributed by atoms with Crippen LogP contribution in [0.3, 0.4) is 0 Å². The Bertz CT molecular complexity index is 1100. The SMILES string of the molecule is CC(c1cnnc(-c2nccc3c2CCN(C)C3=O)c1)c1cc(F)c(F)c(F)c1. The molecule has 0 aliphatic carbocycles. The van der Waals surface area contributed by atoms with Crippen molar-refractivity contribution in [2.45, 2.75) is 19.3 Å². The van der Waals surface area contributed by atoms with Crippen molar-refractivity contribution in [3.8, 4) is 11.4 Å². The molecule has 1 aliphatic rings. The van der Waals surface area contributed by atoms with E-state index < -0.39 is 23.4 Å². The van der Waals surface area contributed by atoms with Gasteiger partial charge in [-0.3, -0.25) is 9.78 Å². The Morgan fingerprint density at radius 1 is 1.10 bits per heavy atom. The molecule has 3 heterocycles. The Kier molecular flexibility index (Phi) is 4.77. The number of carbonyl (C=O) groups excluding carboxylic acids is 1. The molecule has 1 atom stereocenters. The minimum Gasteiger partial charge on any atom is -0.341 e. The molecular weight excluding hydrogens is 381 g/mol. The van der Waals surface area contributed by atoms with Gasteiger partial charge in [0.15, 0.2) is 17.5 Å². The first-order valence-corrected chi connectivity index (χ1v) is 9.07. The first kappa shape index (κ1) is 19.0. The second-order valence-corrected chi connectivity index (χ2v) is 7.06. The van der Waals surface area contributed by atoms with Crippen molar-refractivity contribution < 1.29 is 18.0 Å². The van der Waals surface area contributed by atoms with Crippen LogP contribution in [0.1, 0.15) is 39.9 Å². The fourth-order valence-corrected chi connectivity index (χ4v) is 3.51. The minimum absolute atomic E-state index is 0.0790. The van der Waals surface area contributed by atoms with Gasteiger partial charge in [-0.2, -0.15) is 5.10 Å². The summed E-state index contributed by atoms with van der Waals surface area (Å²) < 4.78 is 40.5. The summed E-state index contributed by atoms with van der Waals surface area (Å²) >= 11 is 0. The van der Waals surface area contributed by atoms with E-state index in [4.69, 9.17) is 0 Å². The lowest BCUT2D eigenvalue weighted by atomic mass is 9.92. The molecule has 0 radical (unpaired) electrons. The molecular formula is C21H17F3N4O. The number of rotatable bonds is 3. The van der Waals surface area contributed by atoms with Crippen molar-refractivity contribution in [2.24, 2.45) is 0 Å². The predicted octanol–water partition coefficient (Wildman–Crippen LogP) is 3.74. The Morgan fingerprint density at radius 3 is 2.55 bits per heavy atom. The first-order chi connectivity index (χ1) is 13.9. The summed E-state index contributed by atoms with van der Waals surface area (Å²) in [7, 11) is 1.74. The Balaban J connectivity index is 1.75. The minimum atomic E-state index is -1.50. The number of pyridine rings is 1. The number of likely N-dealkylation sites (N-methyl/N-ethyl adjacent to an activating group) is 1. The third kappa shape index (κ3) is 3.35. The van der Waals surface area contributed by atoms with Gasteiger partial charge in [0.25, 0.3) is 5.91 Å². The molecule has 4 rings (SSSR count). The van der Waals surface area contributed by atoms with Gasteiger partial charge in [-0.15, -0.1) is 5.10 Å². The molecule has 1 amide bonds. The molecule has 0 N–H and O–H groups in total. The van der Waals surface area contributed by atoms with Crippen LogP contribution in [-0.2, 0) is 6.42 Å². The van der Waals surface area contributed by atoms with E-state index in [2.05, 4.69) is 15.2 Å². The van der Waals surface area contributed by atoms with Gasteiger partial charge in [-0.1, -0.05) is 6.92 Å². The molecule has 0 spiro atoms. The molecule has 29 heavy (non-hydrogen) atoms. The summed E-state index contributed by atoms with van der Waals surface area (Å²) in [5, 5.41) is 8.15. The average Bonchev–Trinajstić information content (AvgIpc) is 2.73. The number of aromatic nitrogens is 3. The molecule has 148 valence electrons. The van der Waals surface area contributed by atoms with Crippen LogP contribution >= 0.6 is 0 Å². The molecule has 0 fully saturated rings. The van der Waals surface area contributed by atoms with E-state index in [-0.39, 0.29) is 11.5 Å². The zero-order valence-electron chi connectivity index (χ0n) is 15.8.